The first-order valence-electron chi connectivity index (χ1n) is 10.8. The van der Waals surface area contributed by atoms with Crippen molar-refractivity contribution in [3.63, 3.8) is 0 Å². The van der Waals surface area contributed by atoms with Crippen LogP contribution in [0.25, 0.3) is 0 Å². The normalized spacial score (nSPS) is 20.2. The van der Waals surface area contributed by atoms with Gasteiger partial charge in [0.25, 0.3) is 5.91 Å². The zero-order valence-corrected chi connectivity index (χ0v) is 18.3. The summed E-state index contributed by atoms with van der Waals surface area (Å²) in [5.74, 6) is 2.15. The fourth-order valence-corrected chi connectivity index (χ4v) is 4.42. The molecule has 1 aliphatic heterocycles. The number of hydrogen-bond donors (Lipinski definition) is 1. The standard InChI is InChI=1S/C25H31NO4/c1-16(29-20-10-9-17-7-5-6-8-18(17)13-20)24(27)26-22-15-25(2,3)30-23-12-11-19(28-4)14-21(22)23/h9-14,16,22H,5-8,15H2,1-4H3,(H,26,27). The van der Waals surface area contributed by atoms with Gasteiger partial charge in [-0.2, -0.15) is 0 Å². The van der Waals surface area contributed by atoms with Crippen molar-refractivity contribution in [2.45, 2.75) is 70.6 Å². The highest BCUT2D eigenvalue weighted by atomic mass is 16.5. The first-order valence-corrected chi connectivity index (χ1v) is 10.8. The molecule has 2 atom stereocenters. The van der Waals surface area contributed by atoms with Crippen molar-refractivity contribution >= 4 is 5.91 Å². The SMILES string of the molecule is COc1ccc2c(c1)C(NC(=O)C(C)Oc1ccc3c(c1)CCCC3)CC(C)(C)O2. The Morgan fingerprint density at radius 2 is 1.83 bits per heavy atom. The number of rotatable bonds is 5. The van der Waals surface area contributed by atoms with Gasteiger partial charge in [-0.05, 0) is 87.9 Å². The minimum Gasteiger partial charge on any atom is -0.497 e. The summed E-state index contributed by atoms with van der Waals surface area (Å²) in [5.41, 5.74) is 3.31. The van der Waals surface area contributed by atoms with E-state index in [1.54, 1.807) is 14.0 Å². The van der Waals surface area contributed by atoms with Crippen molar-refractivity contribution in [3.8, 4) is 17.2 Å². The highest BCUT2D eigenvalue weighted by Gasteiger charge is 2.35. The number of methoxy groups -OCH3 is 1. The van der Waals surface area contributed by atoms with Crippen LogP contribution in [-0.4, -0.2) is 24.7 Å². The molecule has 1 aliphatic carbocycles. The van der Waals surface area contributed by atoms with Gasteiger partial charge in [-0.25, -0.2) is 0 Å². The molecule has 1 heterocycles. The number of fused-ring (bicyclic) bond motifs is 2. The zero-order chi connectivity index (χ0) is 21.3. The van der Waals surface area contributed by atoms with E-state index in [9.17, 15) is 4.79 Å². The maximum atomic E-state index is 13.0. The Kier molecular flexibility index (Phi) is 5.63. The lowest BCUT2D eigenvalue weighted by atomic mass is 9.89. The molecule has 0 bridgehead atoms. The number of nitrogens with one attached hydrogen (secondary N) is 1. The molecule has 0 fully saturated rings. The van der Waals surface area contributed by atoms with Gasteiger partial charge in [0.2, 0.25) is 0 Å². The van der Waals surface area contributed by atoms with Crippen LogP contribution in [0.3, 0.4) is 0 Å². The zero-order valence-electron chi connectivity index (χ0n) is 18.3. The van der Waals surface area contributed by atoms with E-state index in [1.165, 1.54) is 24.0 Å². The first-order chi connectivity index (χ1) is 14.3. The Bertz CT molecular complexity index is 937. The van der Waals surface area contributed by atoms with E-state index in [1.807, 2.05) is 38.1 Å². The van der Waals surface area contributed by atoms with Crippen molar-refractivity contribution < 1.29 is 19.0 Å². The van der Waals surface area contributed by atoms with Crippen molar-refractivity contribution in [2.75, 3.05) is 7.11 Å². The van der Waals surface area contributed by atoms with Gasteiger partial charge in [0.15, 0.2) is 6.10 Å². The summed E-state index contributed by atoms with van der Waals surface area (Å²) in [6.45, 7) is 5.87. The average Bonchev–Trinajstić information content (AvgIpc) is 2.72. The topological polar surface area (TPSA) is 56.8 Å². The molecule has 4 rings (SSSR count). The maximum absolute atomic E-state index is 13.0. The Morgan fingerprint density at radius 1 is 1.10 bits per heavy atom. The van der Waals surface area contributed by atoms with Gasteiger partial charge in [-0.1, -0.05) is 6.07 Å². The molecule has 0 radical (unpaired) electrons. The molecule has 5 nitrogen and oxygen atoms in total. The van der Waals surface area contributed by atoms with Crippen LogP contribution in [0.4, 0.5) is 0 Å². The number of benzene rings is 2. The Balaban J connectivity index is 1.48. The van der Waals surface area contributed by atoms with Crippen LogP contribution in [0.2, 0.25) is 0 Å². The molecule has 2 aliphatic rings. The Labute approximate surface area is 178 Å². The third-order valence-corrected chi connectivity index (χ3v) is 5.99. The second kappa shape index (κ2) is 8.21. The summed E-state index contributed by atoms with van der Waals surface area (Å²) in [7, 11) is 1.64. The molecule has 0 saturated heterocycles. The van der Waals surface area contributed by atoms with Gasteiger partial charge in [0.1, 0.15) is 22.8 Å². The number of aryl methyl sites for hydroxylation is 2. The van der Waals surface area contributed by atoms with Gasteiger partial charge < -0.3 is 19.5 Å². The molecule has 1 N–H and O–H groups in total. The molecule has 30 heavy (non-hydrogen) atoms. The van der Waals surface area contributed by atoms with E-state index in [4.69, 9.17) is 14.2 Å². The van der Waals surface area contributed by atoms with Crippen molar-refractivity contribution in [3.05, 3.63) is 53.1 Å². The summed E-state index contributed by atoms with van der Waals surface area (Å²) >= 11 is 0. The summed E-state index contributed by atoms with van der Waals surface area (Å²) in [5, 5.41) is 3.16. The predicted molar refractivity (Wildman–Crippen MR) is 116 cm³/mol. The van der Waals surface area contributed by atoms with E-state index < -0.39 is 6.10 Å². The van der Waals surface area contributed by atoms with Crippen molar-refractivity contribution in [1.29, 1.82) is 0 Å². The smallest absolute Gasteiger partial charge is 0.261 e. The molecule has 2 aromatic carbocycles. The summed E-state index contributed by atoms with van der Waals surface area (Å²) in [6, 6.07) is 11.8. The quantitative estimate of drug-likeness (QED) is 0.774. The molecular weight excluding hydrogens is 378 g/mol. The summed E-state index contributed by atoms with van der Waals surface area (Å²) in [6.07, 6.45) is 4.77. The molecule has 5 heteroatoms. The second-order valence-electron chi connectivity index (χ2n) is 8.93. The molecular formula is C25H31NO4. The second-order valence-corrected chi connectivity index (χ2v) is 8.93. The maximum Gasteiger partial charge on any atom is 0.261 e. The van der Waals surface area contributed by atoms with Crippen LogP contribution in [-0.2, 0) is 17.6 Å². The van der Waals surface area contributed by atoms with Crippen molar-refractivity contribution in [1.82, 2.24) is 5.32 Å². The highest BCUT2D eigenvalue weighted by Crippen LogP contribution is 2.41. The van der Waals surface area contributed by atoms with E-state index in [2.05, 4.69) is 17.4 Å². The van der Waals surface area contributed by atoms with E-state index >= 15 is 0 Å². The minimum absolute atomic E-state index is 0.135. The number of ether oxygens (including phenoxy) is 3. The molecule has 0 spiro atoms. The van der Waals surface area contributed by atoms with Gasteiger partial charge >= 0.3 is 0 Å². The predicted octanol–water partition coefficient (Wildman–Crippen LogP) is 4.76. The lowest BCUT2D eigenvalue weighted by Crippen LogP contribution is -2.44. The number of carbonyl (C=O) groups excluding carboxylic acids is 1. The summed E-state index contributed by atoms with van der Waals surface area (Å²) in [4.78, 5) is 13.0. The largest absolute Gasteiger partial charge is 0.497 e. The lowest BCUT2D eigenvalue weighted by Gasteiger charge is -2.38. The first kappa shape index (κ1) is 20.6. The van der Waals surface area contributed by atoms with E-state index in [-0.39, 0.29) is 17.6 Å². The highest BCUT2D eigenvalue weighted by molar-refractivity contribution is 5.81. The van der Waals surface area contributed by atoms with Crippen LogP contribution >= 0.6 is 0 Å². The van der Waals surface area contributed by atoms with Crippen LogP contribution in [0.1, 0.15) is 62.8 Å². The van der Waals surface area contributed by atoms with E-state index in [0.29, 0.717) is 6.42 Å². The van der Waals surface area contributed by atoms with Crippen LogP contribution in [0.5, 0.6) is 17.2 Å². The van der Waals surface area contributed by atoms with Gasteiger partial charge in [0, 0.05) is 12.0 Å². The molecule has 2 unspecified atom stereocenters. The fourth-order valence-electron chi connectivity index (χ4n) is 4.42. The third-order valence-electron chi connectivity index (χ3n) is 5.99. The van der Waals surface area contributed by atoms with Gasteiger partial charge in [-0.15, -0.1) is 0 Å². The van der Waals surface area contributed by atoms with Crippen LogP contribution in [0.15, 0.2) is 36.4 Å². The number of hydrogen-bond acceptors (Lipinski definition) is 4. The Hall–Kier alpha value is -2.69. The lowest BCUT2D eigenvalue weighted by molar-refractivity contribution is -0.128. The van der Waals surface area contributed by atoms with Crippen LogP contribution < -0.4 is 19.5 Å². The van der Waals surface area contributed by atoms with E-state index in [0.717, 1.165) is 35.7 Å². The fraction of sp³-hybridized carbons (Fsp3) is 0.480. The van der Waals surface area contributed by atoms with Crippen LogP contribution in [0, 0.1) is 0 Å². The molecule has 1 amide bonds. The third kappa shape index (κ3) is 4.40. The van der Waals surface area contributed by atoms with Gasteiger partial charge in [0.05, 0.1) is 13.2 Å². The number of carbonyl (C=O) groups is 1. The summed E-state index contributed by atoms with van der Waals surface area (Å²) < 4.78 is 17.5. The average molecular weight is 410 g/mol. The Morgan fingerprint density at radius 3 is 2.60 bits per heavy atom. The molecule has 0 aromatic heterocycles. The minimum atomic E-state index is -0.591. The molecule has 0 saturated carbocycles. The monoisotopic (exact) mass is 409 g/mol. The molecule has 160 valence electrons. The van der Waals surface area contributed by atoms with Crippen molar-refractivity contribution in [2.24, 2.45) is 0 Å². The number of amides is 1. The van der Waals surface area contributed by atoms with Gasteiger partial charge in [-0.3, -0.25) is 4.79 Å². The molecule has 2 aromatic rings.